The molecule has 4 aromatic rings. The van der Waals surface area contributed by atoms with Gasteiger partial charge in [0.25, 0.3) is 31.9 Å². The molecule has 4 aromatic carbocycles. The number of halogens is 2. The van der Waals surface area contributed by atoms with Gasteiger partial charge in [-0.25, -0.2) is 25.4 Å². The minimum atomic E-state index is -4.62. The molecule has 1 saturated heterocycles. The molecule has 0 aliphatic carbocycles. The first-order chi connectivity index (χ1) is 19.0. The standard InChI is InChI=1S/C28H20Br2N2O6S2/c29-21-11-15-23(16-12-21)39(35,36)31-25(19-7-3-1-4-8-19)27(33)32(26(28(31)34)20-9-5-2-6-10-20)40(37,38)24-17-13-22(30)14-18-24/h1-18,25-26H. The van der Waals surface area contributed by atoms with E-state index in [1.54, 1.807) is 36.4 Å². The van der Waals surface area contributed by atoms with Crippen LogP contribution in [0, 0.1) is 0 Å². The highest BCUT2D eigenvalue weighted by molar-refractivity contribution is 9.10. The smallest absolute Gasteiger partial charge is 0.267 e. The number of piperazine rings is 1. The highest BCUT2D eigenvalue weighted by Crippen LogP contribution is 2.43. The summed E-state index contributed by atoms with van der Waals surface area (Å²) in [6.45, 7) is 0. The van der Waals surface area contributed by atoms with Gasteiger partial charge in [-0.2, -0.15) is 0 Å². The zero-order chi connectivity index (χ0) is 28.7. The van der Waals surface area contributed by atoms with Crippen LogP contribution in [-0.4, -0.2) is 37.3 Å². The van der Waals surface area contributed by atoms with Crippen molar-refractivity contribution in [2.24, 2.45) is 0 Å². The predicted octanol–water partition coefficient (Wildman–Crippen LogP) is 5.44. The third-order valence-electron chi connectivity index (χ3n) is 6.34. The molecule has 5 rings (SSSR count). The largest absolute Gasteiger partial charge is 0.271 e. The Kier molecular flexibility index (Phi) is 7.71. The normalized spacial score (nSPS) is 18.1. The lowest BCUT2D eigenvalue weighted by Crippen LogP contribution is -2.59. The molecule has 1 fully saturated rings. The number of sulfonamides is 2. The molecule has 0 N–H and O–H groups in total. The number of amides is 2. The van der Waals surface area contributed by atoms with Crippen molar-refractivity contribution in [2.75, 3.05) is 0 Å². The summed E-state index contributed by atoms with van der Waals surface area (Å²) in [7, 11) is -9.25. The van der Waals surface area contributed by atoms with E-state index in [1.165, 1.54) is 72.8 Å². The van der Waals surface area contributed by atoms with Crippen molar-refractivity contribution in [2.45, 2.75) is 21.9 Å². The molecule has 1 aliphatic rings. The fraction of sp³-hybridized carbons (Fsp3) is 0.0714. The maximum atomic E-state index is 14.4. The summed E-state index contributed by atoms with van der Waals surface area (Å²) in [5, 5.41) is 0. The molecule has 12 heteroatoms. The van der Waals surface area contributed by atoms with Crippen LogP contribution in [0.1, 0.15) is 23.2 Å². The zero-order valence-electron chi connectivity index (χ0n) is 20.5. The van der Waals surface area contributed by atoms with Crippen LogP contribution in [0.2, 0.25) is 0 Å². The minimum absolute atomic E-state index is 0.143. The first-order valence-corrected chi connectivity index (χ1v) is 16.3. The first-order valence-electron chi connectivity index (χ1n) is 11.8. The Morgan fingerprint density at radius 2 is 0.775 bits per heavy atom. The number of carbonyl (C=O) groups excluding carboxylic acids is 2. The van der Waals surface area contributed by atoms with Crippen LogP contribution in [0.3, 0.4) is 0 Å². The second-order valence-electron chi connectivity index (χ2n) is 8.81. The Morgan fingerprint density at radius 1 is 0.475 bits per heavy atom. The average Bonchev–Trinajstić information content (AvgIpc) is 2.94. The van der Waals surface area contributed by atoms with Gasteiger partial charge in [0, 0.05) is 8.95 Å². The number of hydrogen-bond donors (Lipinski definition) is 0. The molecule has 0 bridgehead atoms. The summed E-state index contributed by atoms with van der Waals surface area (Å²) in [5.41, 5.74) is 0.285. The molecule has 2 amide bonds. The molecule has 204 valence electrons. The van der Waals surface area contributed by atoms with Crippen molar-refractivity contribution < 1.29 is 26.4 Å². The van der Waals surface area contributed by atoms with Gasteiger partial charge in [0.2, 0.25) is 0 Å². The summed E-state index contributed by atoms with van der Waals surface area (Å²) < 4.78 is 58.4. The number of benzene rings is 4. The van der Waals surface area contributed by atoms with E-state index in [0.717, 1.165) is 0 Å². The van der Waals surface area contributed by atoms with E-state index < -0.39 is 43.9 Å². The van der Waals surface area contributed by atoms with Gasteiger partial charge in [-0.3, -0.25) is 9.59 Å². The van der Waals surface area contributed by atoms with Gasteiger partial charge >= 0.3 is 0 Å². The molecular weight excluding hydrogens is 684 g/mol. The summed E-state index contributed by atoms with van der Waals surface area (Å²) in [4.78, 5) is 28.3. The van der Waals surface area contributed by atoms with E-state index in [1.807, 2.05) is 0 Å². The second kappa shape index (κ2) is 10.9. The molecule has 1 aliphatic heterocycles. The molecular formula is C28H20Br2N2O6S2. The number of rotatable bonds is 6. The summed E-state index contributed by atoms with van der Waals surface area (Å²) in [5.74, 6) is -2.16. The highest BCUT2D eigenvalue weighted by Gasteiger charge is 2.56. The van der Waals surface area contributed by atoms with Gasteiger partial charge in [0.05, 0.1) is 9.79 Å². The SMILES string of the molecule is O=C1C(c2ccccc2)N(S(=O)(=O)c2ccc(Br)cc2)C(=O)C(c2ccccc2)N1S(=O)(=O)c1ccc(Br)cc1. The van der Waals surface area contributed by atoms with E-state index in [2.05, 4.69) is 31.9 Å². The van der Waals surface area contributed by atoms with E-state index in [9.17, 15) is 26.4 Å². The maximum Gasteiger partial charge on any atom is 0.267 e. The Bertz CT molecular complexity index is 1650. The topological polar surface area (TPSA) is 109 Å². The zero-order valence-corrected chi connectivity index (χ0v) is 25.3. The van der Waals surface area contributed by atoms with Crippen LogP contribution < -0.4 is 0 Å². The van der Waals surface area contributed by atoms with Crippen molar-refractivity contribution in [1.29, 1.82) is 0 Å². The van der Waals surface area contributed by atoms with Gasteiger partial charge in [-0.15, -0.1) is 0 Å². The van der Waals surface area contributed by atoms with Crippen LogP contribution in [0.25, 0.3) is 0 Å². The van der Waals surface area contributed by atoms with Crippen molar-refractivity contribution >= 4 is 63.7 Å². The quantitative estimate of drug-likeness (QED) is 0.265. The number of hydrogen-bond acceptors (Lipinski definition) is 6. The molecule has 2 atom stereocenters. The van der Waals surface area contributed by atoms with Gasteiger partial charge in [-0.1, -0.05) is 92.5 Å². The van der Waals surface area contributed by atoms with E-state index >= 15 is 0 Å². The third kappa shape index (κ3) is 5.00. The van der Waals surface area contributed by atoms with Crippen molar-refractivity contribution in [1.82, 2.24) is 8.61 Å². The summed E-state index contributed by atoms with van der Waals surface area (Å²) >= 11 is 6.54. The Balaban J connectivity index is 1.78. The summed E-state index contributed by atoms with van der Waals surface area (Å²) in [6.07, 6.45) is 0. The fourth-order valence-corrected chi connectivity index (χ4v) is 8.07. The second-order valence-corrected chi connectivity index (χ2v) is 14.3. The van der Waals surface area contributed by atoms with E-state index in [4.69, 9.17) is 0 Å². The maximum absolute atomic E-state index is 14.4. The van der Waals surface area contributed by atoms with Gasteiger partial charge < -0.3 is 0 Å². The lowest BCUT2D eigenvalue weighted by atomic mass is 9.98. The van der Waals surface area contributed by atoms with E-state index in [0.29, 0.717) is 17.6 Å². The third-order valence-corrected chi connectivity index (χ3v) is 11.0. The monoisotopic (exact) mass is 702 g/mol. The highest BCUT2D eigenvalue weighted by atomic mass is 79.9. The lowest BCUT2D eigenvalue weighted by Gasteiger charge is -2.43. The van der Waals surface area contributed by atoms with Crippen molar-refractivity contribution in [3.63, 3.8) is 0 Å². The van der Waals surface area contributed by atoms with Crippen molar-refractivity contribution in [3.05, 3.63) is 129 Å². The fourth-order valence-electron chi connectivity index (χ4n) is 4.48. The average molecular weight is 704 g/mol. The molecule has 2 unspecified atom stereocenters. The Hall–Kier alpha value is -3.32. The molecule has 40 heavy (non-hydrogen) atoms. The predicted molar refractivity (Wildman–Crippen MR) is 155 cm³/mol. The summed E-state index contributed by atoms with van der Waals surface area (Å²) in [6, 6.07) is 23.2. The van der Waals surface area contributed by atoms with Gasteiger partial charge in [0.15, 0.2) is 12.1 Å². The molecule has 8 nitrogen and oxygen atoms in total. The van der Waals surface area contributed by atoms with Crippen LogP contribution in [0.15, 0.2) is 128 Å². The van der Waals surface area contributed by atoms with Gasteiger partial charge in [0.1, 0.15) is 0 Å². The molecule has 0 aromatic heterocycles. The molecule has 0 saturated carbocycles. The first kappa shape index (κ1) is 28.2. The molecule has 1 heterocycles. The van der Waals surface area contributed by atoms with Crippen LogP contribution in [0.5, 0.6) is 0 Å². The molecule has 0 spiro atoms. The van der Waals surface area contributed by atoms with Crippen molar-refractivity contribution in [3.8, 4) is 0 Å². The van der Waals surface area contributed by atoms with Crippen LogP contribution in [0.4, 0.5) is 0 Å². The van der Waals surface area contributed by atoms with E-state index in [-0.39, 0.29) is 20.9 Å². The van der Waals surface area contributed by atoms with Crippen LogP contribution in [-0.2, 0) is 29.6 Å². The Labute approximate surface area is 248 Å². The Morgan fingerprint density at radius 3 is 1.07 bits per heavy atom. The van der Waals surface area contributed by atoms with Gasteiger partial charge in [-0.05, 0) is 59.7 Å². The lowest BCUT2D eigenvalue weighted by molar-refractivity contribution is -0.150. The minimum Gasteiger partial charge on any atom is -0.271 e. The number of carbonyl (C=O) groups is 2. The number of nitrogens with zero attached hydrogens (tertiary/aromatic N) is 2. The van der Waals surface area contributed by atoms with Crippen LogP contribution >= 0.6 is 31.9 Å². The molecule has 0 radical (unpaired) electrons.